The largest absolute Gasteiger partial charge is 0.342 e. The first-order chi connectivity index (χ1) is 12.1. The Balaban J connectivity index is 1.52. The molecule has 0 N–H and O–H groups in total. The van der Waals surface area contributed by atoms with Gasteiger partial charge in [0.05, 0.1) is 18.3 Å². The molecule has 2 aromatic heterocycles. The van der Waals surface area contributed by atoms with Crippen molar-refractivity contribution in [1.82, 2.24) is 24.6 Å². The van der Waals surface area contributed by atoms with Crippen molar-refractivity contribution in [1.29, 1.82) is 0 Å². The van der Waals surface area contributed by atoms with E-state index in [0.29, 0.717) is 12.5 Å². The quantitative estimate of drug-likeness (QED) is 0.833. The van der Waals surface area contributed by atoms with Crippen LogP contribution in [-0.4, -0.2) is 56.7 Å². The molecule has 0 spiro atoms. The maximum atomic E-state index is 12.6. The third-order valence-corrected chi connectivity index (χ3v) is 4.92. The van der Waals surface area contributed by atoms with E-state index in [-0.39, 0.29) is 5.91 Å². The zero-order valence-electron chi connectivity index (χ0n) is 15.1. The number of likely N-dealkylation sites (tertiary alicyclic amines) is 1. The van der Waals surface area contributed by atoms with Gasteiger partial charge in [-0.25, -0.2) is 0 Å². The maximum absolute atomic E-state index is 12.6. The molecule has 0 saturated carbocycles. The number of pyridine rings is 1. The average molecular weight is 341 g/mol. The number of aromatic nitrogens is 3. The fourth-order valence-electron chi connectivity index (χ4n) is 3.49. The average Bonchev–Trinajstić information content (AvgIpc) is 2.86. The molecule has 3 heterocycles. The van der Waals surface area contributed by atoms with Crippen LogP contribution in [0, 0.1) is 0 Å². The second-order valence-electron chi connectivity index (χ2n) is 6.90. The van der Waals surface area contributed by atoms with Crippen LogP contribution in [-0.2, 0) is 24.8 Å². The molecule has 0 aromatic carbocycles. The van der Waals surface area contributed by atoms with Crippen molar-refractivity contribution in [3.8, 4) is 0 Å². The van der Waals surface area contributed by atoms with Gasteiger partial charge in [-0.3, -0.25) is 19.4 Å². The molecule has 0 aliphatic carbocycles. The SMILES string of the molecule is CN(Cc1ccccn1)C1CCCN(C(=O)Cc2cnn(C)c2)CC1. The van der Waals surface area contributed by atoms with E-state index in [1.807, 2.05) is 36.5 Å². The third kappa shape index (κ3) is 4.89. The van der Waals surface area contributed by atoms with Gasteiger partial charge >= 0.3 is 0 Å². The van der Waals surface area contributed by atoms with Crippen LogP contribution in [0.25, 0.3) is 0 Å². The summed E-state index contributed by atoms with van der Waals surface area (Å²) in [6.07, 6.45) is 9.17. The molecule has 1 unspecified atom stereocenters. The molecule has 1 atom stereocenters. The second kappa shape index (κ2) is 8.25. The molecule has 0 bridgehead atoms. The molecule has 6 heteroatoms. The van der Waals surface area contributed by atoms with Gasteiger partial charge in [-0.05, 0) is 44.0 Å². The van der Waals surface area contributed by atoms with Crippen LogP contribution in [0.2, 0.25) is 0 Å². The maximum Gasteiger partial charge on any atom is 0.227 e. The van der Waals surface area contributed by atoms with Gasteiger partial charge in [0, 0.05) is 45.1 Å². The minimum Gasteiger partial charge on any atom is -0.342 e. The molecule has 0 radical (unpaired) electrons. The summed E-state index contributed by atoms with van der Waals surface area (Å²) >= 11 is 0. The van der Waals surface area contributed by atoms with Crippen LogP contribution in [0.5, 0.6) is 0 Å². The minimum atomic E-state index is 0.209. The van der Waals surface area contributed by atoms with Crippen molar-refractivity contribution in [3.05, 3.63) is 48.0 Å². The van der Waals surface area contributed by atoms with E-state index in [4.69, 9.17) is 0 Å². The first-order valence-corrected chi connectivity index (χ1v) is 8.97. The summed E-state index contributed by atoms with van der Waals surface area (Å²) in [4.78, 5) is 21.4. The van der Waals surface area contributed by atoms with Crippen molar-refractivity contribution >= 4 is 5.91 Å². The first kappa shape index (κ1) is 17.6. The number of amides is 1. The molecule has 134 valence electrons. The minimum absolute atomic E-state index is 0.209. The summed E-state index contributed by atoms with van der Waals surface area (Å²) in [7, 11) is 4.04. The van der Waals surface area contributed by atoms with Gasteiger partial charge in [0.2, 0.25) is 5.91 Å². The van der Waals surface area contributed by atoms with Gasteiger partial charge < -0.3 is 4.90 Å². The zero-order chi connectivity index (χ0) is 17.6. The van der Waals surface area contributed by atoms with Crippen molar-refractivity contribution in [2.24, 2.45) is 7.05 Å². The number of rotatable bonds is 5. The molecule has 3 rings (SSSR count). The van der Waals surface area contributed by atoms with Crippen molar-refractivity contribution < 1.29 is 4.79 Å². The van der Waals surface area contributed by atoms with E-state index >= 15 is 0 Å². The molecular formula is C19H27N5O. The lowest BCUT2D eigenvalue weighted by atomic mass is 10.1. The lowest BCUT2D eigenvalue weighted by Gasteiger charge is -2.27. The smallest absolute Gasteiger partial charge is 0.227 e. The molecule has 1 aliphatic rings. The Morgan fingerprint density at radius 1 is 1.32 bits per heavy atom. The molecule has 6 nitrogen and oxygen atoms in total. The molecule has 1 amide bonds. The Morgan fingerprint density at radius 2 is 2.20 bits per heavy atom. The monoisotopic (exact) mass is 341 g/mol. The summed E-state index contributed by atoms with van der Waals surface area (Å²) in [6.45, 7) is 2.54. The second-order valence-corrected chi connectivity index (χ2v) is 6.90. The lowest BCUT2D eigenvalue weighted by molar-refractivity contribution is -0.130. The number of carbonyl (C=O) groups is 1. The highest BCUT2D eigenvalue weighted by Crippen LogP contribution is 2.18. The normalized spacial score (nSPS) is 18.4. The lowest BCUT2D eigenvalue weighted by Crippen LogP contribution is -2.35. The number of aryl methyl sites for hydroxylation is 1. The summed E-state index contributed by atoms with van der Waals surface area (Å²) in [5.74, 6) is 0.209. The van der Waals surface area contributed by atoms with Crippen molar-refractivity contribution in [2.75, 3.05) is 20.1 Å². The van der Waals surface area contributed by atoms with E-state index in [2.05, 4.69) is 28.1 Å². The van der Waals surface area contributed by atoms with Crippen LogP contribution in [0.3, 0.4) is 0 Å². The topological polar surface area (TPSA) is 54.3 Å². The van der Waals surface area contributed by atoms with Crippen LogP contribution in [0.1, 0.15) is 30.5 Å². The van der Waals surface area contributed by atoms with Crippen molar-refractivity contribution in [3.63, 3.8) is 0 Å². The van der Waals surface area contributed by atoms with Crippen LogP contribution in [0.4, 0.5) is 0 Å². The fourth-order valence-corrected chi connectivity index (χ4v) is 3.49. The standard InChI is InChI=1S/C19H27N5O/c1-22(15-17-6-3-4-9-20-17)18-7-5-10-24(11-8-18)19(25)12-16-13-21-23(2)14-16/h3-4,6,9,13-14,18H,5,7-8,10-12,15H2,1-2H3. The van der Waals surface area contributed by atoms with E-state index in [9.17, 15) is 4.79 Å². The zero-order valence-corrected chi connectivity index (χ0v) is 15.1. The van der Waals surface area contributed by atoms with E-state index < -0.39 is 0 Å². The highest BCUT2D eigenvalue weighted by atomic mass is 16.2. The van der Waals surface area contributed by atoms with Gasteiger partial charge in [0.1, 0.15) is 0 Å². The number of carbonyl (C=O) groups excluding carboxylic acids is 1. The van der Waals surface area contributed by atoms with Crippen LogP contribution < -0.4 is 0 Å². The molecule has 1 aliphatic heterocycles. The first-order valence-electron chi connectivity index (χ1n) is 8.97. The molecule has 1 saturated heterocycles. The number of hydrogen-bond acceptors (Lipinski definition) is 4. The molecule has 1 fully saturated rings. The predicted molar refractivity (Wildman–Crippen MR) is 96.8 cm³/mol. The number of hydrogen-bond donors (Lipinski definition) is 0. The molecule has 25 heavy (non-hydrogen) atoms. The van der Waals surface area contributed by atoms with E-state index in [1.54, 1.807) is 10.9 Å². The highest BCUT2D eigenvalue weighted by molar-refractivity contribution is 5.78. The Bertz CT molecular complexity index is 684. The van der Waals surface area contributed by atoms with Gasteiger partial charge in [-0.15, -0.1) is 0 Å². The predicted octanol–water partition coefficient (Wildman–Crippen LogP) is 1.87. The van der Waals surface area contributed by atoms with Crippen molar-refractivity contribution in [2.45, 2.75) is 38.3 Å². The van der Waals surface area contributed by atoms with Crippen LogP contribution in [0.15, 0.2) is 36.8 Å². The summed E-state index contributed by atoms with van der Waals surface area (Å²) in [5.41, 5.74) is 2.08. The Labute approximate surface area is 149 Å². The Hall–Kier alpha value is -2.21. The summed E-state index contributed by atoms with van der Waals surface area (Å²) in [6, 6.07) is 6.54. The van der Waals surface area contributed by atoms with E-state index in [0.717, 1.165) is 50.2 Å². The molecular weight excluding hydrogens is 314 g/mol. The van der Waals surface area contributed by atoms with Gasteiger partial charge in [-0.1, -0.05) is 6.07 Å². The Kier molecular flexibility index (Phi) is 5.81. The number of nitrogens with zero attached hydrogens (tertiary/aromatic N) is 5. The van der Waals surface area contributed by atoms with Gasteiger partial charge in [-0.2, -0.15) is 5.10 Å². The Morgan fingerprint density at radius 3 is 2.92 bits per heavy atom. The highest BCUT2D eigenvalue weighted by Gasteiger charge is 2.23. The van der Waals surface area contributed by atoms with Crippen LogP contribution >= 0.6 is 0 Å². The van der Waals surface area contributed by atoms with E-state index in [1.165, 1.54) is 0 Å². The van der Waals surface area contributed by atoms with Gasteiger partial charge in [0.25, 0.3) is 0 Å². The molecule has 2 aromatic rings. The summed E-state index contributed by atoms with van der Waals surface area (Å²) in [5, 5.41) is 4.14. The van der Waals surface area contributed by atoms with Gasteiger partial charge in [0.15, 0.2) is 0 Å². The third-order valence-electron chi connectivity index (χ3n) is 4.92. The fraction of sp³-hybridized carbons (Fsp3) is 0.526. The summed E-state index contributed by atoms with van der Waals surface area (Å²) < 4.78 is 1.74.